The highest BCUT2D eigenvalue weighted by atomic mass is 35.5. The summed E-state index contributed by atoms with van der Waals surface area (Å²) in [5, 5.41) is 1.37. The summed E-state index contributed by atoms with van der Waals surface area (Å²) in [5.41, 5.74) is 5.36. The molecule has 0 fully saturated rings. The van der Waals surface area contributed by atoms with Gasteiger partial charge in [-0.3, -0.25) is 0 Å². The number of unbranched alkanes of at least 4 members (excludes halogenated alkanes) is 3. The van der Waals surface area contributed by atoms with Crippen molar-refractivity contribution in [3.63, 3.8) is 0 Å². The molecule has 0 unspecified atom stereocenters. The fourth-order valence-corrected chi connectivity index (χ4v) is 4.13. The minimum Gasteiger partial charge on any atom is -0.493 e. The Morgan fingerprint density at radius 2 is 1.72 bits per heavy atom. The molecule has 130 valence electrons. The molecular weight excluding hydrogens is 330 g/mol. The van der Waals surface area contributed by atoms with E-state index in [-0.39, 0.29) is 0 Å². The van der Waals surface area contributed by atoms with Gasteiger partial charge >= 0.3 is 0 Å². The molecule has 0 spiro atoms. The topological polar surface area (TPSA) is 14.2 Å². The fraction of sp³-hybridized carbons (Fsp3) is 0.364. The molecule has 3 aromatic rings. The molecule has 2 heterocycles. The molecule has 1 aliphatic rings. The van der Waals surface area contributed by atoms with Gasteiger partial charge in [-0.2, -0.15) is 0 Å². The zero-order valence-corrected chi connectivity index (χ0v) is 15.3. The Hall–Kier alpha value is -1.93. The summed E-state index contributed by atoms with van der Waals surface area (Å²) < 4.78 is 8.54. The number of para-hydroxylation sites is 2. The van der Waals surface area contributed by atoms with Crippen LogP contribution in [0.4, 0.5) is 0 Å². The van der Waals surface area contributed by atoms with Crippen molar-refractivity contribution in [1.82, 2.24) is 4.57 Å². The number of aromatic nitrogens is 1. The van der Waals surface area contributed by atoms with E-state index in [2.05, 4.69) is 53.1 Å². The van der Waals surface area contributed by atoms with E-state index in [0.29, 0.717) is 0 Å². The molecule has 0 amide bonds. The van der Waals surface area contributed by atoms with Gasteiger partial charge < -0.3 is 9.30 Å². The molecule has 3 heteroatoms. The molecule has 0 saturated carbocycles. The first-order valence-corrected chi connectivity index (χ1v) is 9.82. The van der Waals surface area contributed by atoms with Crippen LogP contribution in [0.2, 0.25) is 0 Å². The zero-order chi connectivity index (χ0) is 17.1. The first kappa shape index (κ1) is 16.5. The fourth-order valence-electron chi connectivity index (χ4n) is 3.94. The van der Waals surface area contributed by atoms with Gasteiger partial charge in [0.15, 0.2) is 0 Å². The van der Waals surface area contributed by atoms with E-state index in [1.165, 1.54) is 47.0 Å². The maximum Gasteiger partial charge on any atom is 0.128 e. The Kier molecular flexibility index (Phi) is 4.98. The van der Waals surface area contributed by atoms with Gasteiger partial charge in [-0.1, -0.05) is 43.2 Å². The standard InChI is InChI=1S/C22H24ClNO/c23-14-7-1-2-8-15-24-20-11-5-3-9-17(20)18-13-16-25-21-12-6-4-10-19(21)22(18)24/h3-6,9-12H,1-2,7-8,13-16H2. The van der Waals surface area contributed by atoms with Crippen molar-refractivity contribution in [2.75, 3.05) is 12.5 Å². The van der Waals surface area contributed by atoms with Crippen molar-refractivity contribution < 1.29 is 4.74 Å². The molecule has 1 aromatic heterocycles. The number of hydrogen-bond donors (Lipinski definition) is 0. The molecule has 4 rings (SSSR count). The predicted molar refractivity (Wildman–Crippen MR) is 106 cm³/mol. The van der Waals surface area contributed by atoms with Crippen LogP contribution in [0.25, 0.3) is 22.2 Å². The quantitative estimate of drug-likeness (QED) is 0.389. The smallest absolute Gasteiger partial charge is 0.128 e. The Morgan fingerprint density at radius 3 is 2.64 bits per heavy atom. The Bertz CT molecular complexity index is 868. The molecule has 25 heavy (non-hydrogen) atoms. The molecule has 0 N–H and O–H groups in total. The number of rotatable bonds is 6. The van der Waals surface area contributed by atoms with Crippen LogP contribution in [0.5, 0.6) is 5.75 Å². The molecule has 0 atom stereocenters. The van der Waals surface area contributed by atoms with Gasteiger partial charge in [0.2, 0.25) is 0 Å². The van der Waals surface area contributed by atoms with Crippen LogP contribution >= 0.6 is 11.6 Å². The van der Waals surface area contributed by atoms with Crippen LogP contribution in [0.15, 0.2) is 48.5 Å². The van der Waals surface area contributed by atoms with Gasteiger partial charge in [-0.05, 0) is 36.6 Å². The van der Waals surface area contributed by atoms with E-state index in [4.69, 9.17) is 16.3 Å². The van der Waals surface area contributed by atoms with E-state index >= 15 is 0 Å². The van der Waals surface area contributed by atoms with Gasteiger partial charge in [0.05, 0.1) is 12.3 Å². The van der Waals surface area contributed by atoms with Crippen molar-refractivity contribution in [2.24, 2.45) is 0 Å². The number of nitrogens with zero attached hydrogens (tertiary/aromatic N) is 1. The highest BCUT2D eigenvalue weighted by molar-refractivity contribution is 6.17. The number of benzene rings is 2. The molecule has 0 saturated heterocycles. The Morgan fingerprint density at radius 1 is 0.920 bits per heavy atom. The third-order valence-corrected chi connectivity index (χ3v) is 5.36. The van der Waals surface area contributed by atoms with Crippen LogP contribution in [0.1, 0.15) is 31.2 Å². The maximum absolute atomic E-state index is 6.02. The Labute approximate surface area is 154 Å². The molecule has 0 radical (unpaired) electrons. The van der Waals surface area contributed by atoms with E-state index in [1.54, 1.807) is 0 Å². The second kappa shape index (κ2) is 7.53. The lowest BCUT2D eigenvalue weighted by Gasteiger charge is -2.13. The largest absolute Gasteiger partial charge is 0.493 e. The van der Waals surface area contributed by atoms with Gasteiger partial charge in [0.1, 0.15) is 5.75 Å². The van der Waals surface area contributed by atoms with Crippen molar-refractivity contribution in [1.29, 1.82) is 0 Å². The summed E-state index contributed by atoms with van der Waals surface area (Å²) in [4.78, 5) is 0. The van der Waals surface area contributed by atoms with Gasteiger partial charge in [-0.15, -0.1) is 11.6 Å². The molecule has 0 bridgehead atoms. The van der Waals surface area contributed by atoms with Crippen LogP contribution in [0.3, 0.4) is 0 Å². The summed E-state index contributed by atoms with van der Waals surface area (Å²) in [7, 11) is 0. The van der Waals surface area contributed by atoms with Crippen LogP contribution in [0, 0.1) is 0 Å². The van der Waals surface area contributed by atoms with Crippen molar-refractivity contribution in [3.05, 3.63) is 54.1 Å². The highest BCUT2D eigenvalue weighted by Crippen LogP contribution is 2.40. The molecule has 2 aromatic carbocycles. The first-order chi connectivity index (χ1) is 12.4. The van der Waals surface area contributed by atoms with Gasteiger partial charge in [0, 0.05) is 35.3 Å². The Balaban J connectivity index is 1.79. The number of aryl methyl sites for hydroxylation is 1. The average molecular weight is 354 g/mol. The normalized spacial score (nSPS) is 13.2. The minimum atomic E-state index is 0.744. The van der Waals surface area contributed by atoms with E-state index < -0.39 is 0 Å². The number of halogens is 1. The molecular formula is C22H24ClNO. The van der Waals surface area contributed by atoms with Crippen molar-refractivity contribution in [3.8, 4) is 17.0 Å². The summed E-state index contributed by atoms with van der Waals surface area (Å²) in [6.07, 6.45) is 5.70. The third kappa shape index (κ3) is 3.16. The monoisotopic (exact) mass is 353 g/mol. The second-order valence-corrected chi connectivity index (χ2v) is 7.07. The molecule has 0 aliphatic carbocycles. The number of fused-ring (bicyclic) bond motifs is 5. The summed E-state index contributed by atoms with van der Waals surface area (Å²) >= 11 is 5.81. The first-order valence-electron chi connectivity index (χ1n) is 9.28. The van der Waals surface area contributed by atoms with Gasteiger partial charge in [0.25, 0.3) is 0 Å². The lowest BCUT2D eigenvalue weighted by Crippen LogP contribution is -2.01. The number of hydrogen-bond acceptors (Lipinski definition) is 1. The lowest BCUT2D eigenvalue weighted by molar-refractivity contribution is 0.327. The third-order valence-electron chi connectivity index (χ3n) is 5.09. The van der Waals surface area contributed by atoms with E-state index in [1.807, 2.05) is 0 Å². The molecule has 2 nitrogen and oxygen atoms in total. The molecule has 1 aliphatic heterocycles. The van der Waals surface area contributed by atoms with Gasteiger partial charge in [-0.25, -0.2) is 0 Å². The minimum absolute atomic E-state index is 0.744. The number of alkyl halides is 1. The lowest BCUT2D eigenvalue weighted by atomic mass is 10.0. The van der Waals surface area contributed by atoms with Crippen molar-refractivity contribution >= 4 is 22.5 Å². The average Bonchev–Trinajstić information content (AvgIpc) is 2.83. The SMILES string of the molecule is ClCCCCCCn1c2c(c3ccccc31)CCOc1ccccc1-2. The number of ether oxygens (including phenoxy) is 1. The predicted octanol–water partition coefficient (Wildman–Crippen LogP) is 6.04. The van der Waals surface area contributed by atoms with Crippen molar-refractivity contribution in [2.45, 2.75) is 38.6 Å². The highest BCUT2D eigenvalue weighted by Gasteiger charge is 2.23. The summed E-state index contributed by atoms with van der Waals surface area (Å²) in [6, 6.07) is 17.3. The summed E-state index contributed by atoms with van der Waals surface area (Å²) in [5.74, 6) is 1.78. The zero-order valence-electron chi connectivity index (χ0n) is 14.5. The van der Waals surface area contributed by atoms with Crippen LogP contribution in [-0.4, -0.2) is 17.1 Å². The maximum atomic E-state index is 6.02. The second-order valence-electron chi connectivity index (χ2n) is 6.69. The van der Waals surface area contributed by atoms with Crippen LogP contribution in [-0.2, 0) is 13.0 Å². The van der Waals surface area contributed by atoms with E-state index in [9.17, 15) is 0 Å². The van der Waals surface area contributed by atoms with E-state index in [0.717, 1.165) is 37.6 Å². The van der Waals surface area contributed by atoms with Crippen LogP contribution < -0.4 is 4.74 Å². The summed E-state index contributed by atoms with van der Waals surface area (Å²) in [6.45, 7) is 1.79.